The molecule has 1 aliphatic carbocycles. The van der Waals surface area contributed by atoms with Gasteiger partial charge in [0.1, 0.15) is 0 Å². The maximum atomic E-state index is 3.91. The molecule has 1 nitrogen and oxygen atoms in total. The molecular weight excluding hydrogens is 338 g/mol. The Kier molecular flexibility index (Phi) is 8.15. The zero-order valence-electron chi connectivity index (χ0n) is 18.2. The van der Waals surface area contributed by atoms with E-state index >= 15 is 0 Å². The van der Waals surface area contributed by atoms with Gasteiger partial charge in [0, 0.05) is 12.6 Å². The summed E-state index contributed by atoms with van der Waals surface area (Å²) in [5.74, 6) is 1.82. The van der Waals surface area contributed by atoms with Gasteiger partial charge in [-0.1, -0.05) is 81.6 Å². The molecule has 1 fully saturated rings. The van der Waals surface area contributed by atoms with Crippen LogP contribution in [0, 0.1) is 18.8 Å². The zero-order valence-corrected chi connectivity index (χ0v) is 18.2. The van der Waals surface area contributed by atoms with Crippen molar-refractivity contribution in [1.82, 2.24) is 5.32 Å². The van der Waals surface area contributed by atoms with Crippen LogP contribution in [0.2, 0.25) is 0 Å². The van der Waals surface area contributed by atoms with Crippen molar-refractivity contribution in [3.05, 3.63) is 70.8 Å². The van der Waals surface area contributed by atoms with Crippen LogP contribution < -0.4 is 5.32 Å². The van der Waals surface area contributed by atoms with Crippen molar-refractivity contribution in [2.24, 2.45) is 11.8 Å². The van der Waals surface area contributed by atoms with Gasteiger partial charge >= 0.3 is 0 Å². The first-order valence-corrected chi connectivity index (χ1v) is 11.5. The van der Waals surface area contributed by atoms with Gasteiger partial charge in [0.15, 0.2) is 0 Å². The molecule has 1 heteroatoms. The maximum absolute atomic E-state index is 3.91. The SMILES string of the molecule is CCc1cc(CCC(CC2CCCC(C)C2)NCc2ccccc2)ccc1C. The molecule has 2 aromatic carbocycles. The quantitative estimate of drug-likeness (QED) is 0.503. The summed E-state index contributed by atoms with van der Waals surface area (Å²) in [5, 5.41) is 3.91. The summed E-state index contributed by atoms with van der Waals surface area (Å²) < 4.78 is 0. The van der Waals surface area contributed by atoms with E-state index in [4.69, 9.17) is 0 Å². The van der Waals surface area contributed by atoms with E-state index < -0.39 is 0 Å². The Morgan fingerprint density at radius 1 is 1.04 bits per heavy atom. The van der Waals surface area contributed by atoms with Gasteiger partial charge in [-0.05, 0) is 73.1 Å². The molecule has 0 saturated heterocycles. The molecular formula is C27H39N. The van der Waals surface area contributed by atoms with Gasteiger partial charge in [-0.3, -0.25) is 0 Å². The number of hydrogen-bond donors (Lipinski definition) is 1. The Labute approximate surface area is 173 Å². The van der Waals surface area contributed by atoms with E-state index in [0.717, 1.165) is 24.8 Å². The van der Waals surface area contributed by atoms with Gasteiger partial charge in [-0.25, -0.2) is 0 Å². The average Bonchev–Trinajstić information content (AvgIpc) is 2.72. The first-order valence-electron chi connectivity index (χ1n) is 11.5. The lowest BCUT2D eigenvalue weighted by molar-refractivity contribution is 0.241. The molecule has 1 N–H and O–H groups in total. The Morgan fingerprint density at radius 2 is 1.86 bits per heavy atom. The molecule has 0 aromatic heterocycles. The van der Waals surface area contributed by atoms with E-state index in [1.54, 1.807) is 0 Å². The normalized spacial score (nSPS) is 20.8. The number of nitrogens with one attached hydrogen (secondary N) is 1. The molecule has 3 rings (SSSR count). The standard InChI is InChI=1S/C27H39N/c1-4-26-18-23(14-13-22(26)3)15-16-27(19-25-12-8-9-21(2)17-25)28-20-24-10-6-5-7-11-24/h5-7,10-11,13-14,18,21,25,27-28H,4,8-9,12,15-17,19-20H2,1-3H3. The molecule has 0 heterocycles. The number of rotatable bonds is 9. The van der Waals surface area contributed by atoms with Crippen LogP contribution in [0.15, 0.2) is 48.5 Å². The van der Waals surface area contributed by atoms with Gasteiger partial charge in [0.25, 0.3) is 0 Å². The van der Waals surface area contributed by atoms with Crippen LogP contribution in [0.25, 0.3) is 0 Å². The van der Waals surface area contributed by atoms with Gasteiger partial charge in [0.05, 0.1) is 0 Å². The Bertz CT molecular complexity index is 705. The lowest BCUT2D eigenvalue weighted by Gasteiger charge is -2.30. The van der Waals surface area contributed by atoms with E-state index in [1.165, 1.54) is 67.2 Å². The summed E-state index contributed by atoms with van der Waals surface area (Å²) in [4.78, 5) is 0. The predicted molar refractivity (Wildman–Crippen MR) is 122 cm³/mol. The third-order valence-corrected chi connectivity index (χ3v) is 6.68. The van der Waals surface area contributed by atoms with Crippen molar-refractivity contribution < 1.29 is 0 Å². The summed E-state index contributed by atoms with van der Waals surface area (Å²) >= 11 is 0. The molecule has 3 atom stereocenters. The smallest absolute Gasteiger partial charge is 0.0208 e. The lowest BCUT2D eigenvalue weighted by atomic mass is 9.78. The minimum atomic E-state index is 0.613. The Hall–Kier alpha value is -1.60. The number of aryl methyl sites for hydroxylation is 3. The Morgan fingerprint density at radius 3 is 2.61 bits per heavy atom. The summed E-state index contributed by atoms with van der Waals surface area (Å²) in [6.45, 7) is 7.93. The van der Waals surface area contributed by atoms with E-state index in [9.17, 15) is 0 Å². The van der Waals surface area contributed by atoms with Gasteiger partial charge < -0.3 is 5.32 Å². The highest BCUT2D eigenvalue weighted by molar-refractivity contribution is 5.31. The van der Waals surface area contributed by atoms with E-state index in [2.05, 4.69) is 74.6 Å². The molecule has 0 amide bonds. The number of hydrogen-bond acceptors (Lipinski definition) is 1. The largest absolute Gasteiger partial charge is 0.310 e. The fraction of sp³-hybridized carbons (Fsp3) is 0.556. The molecule has 2 aromatic rings. The third kappa shape index (κ3) is 6.48. The molecule has 0 aliphatic heterocycles. The topological polar surface area (TPSA) is 12.0 Å². The van der Waals surface area contributed by atoms with Crippen LogP contribution in [0.5, 0.6) is 0 Å². The van der Waals surface area contributed by atoms with Crippen LogP contribution in [-0.2, 0) is 19.4 Å². The second kappa shape index (κ2) is 10.8. The molecule has 152 valence electrons. The molecule has 3 unspecified atom stereocenters. The predicted octanol–water partition coefficient (Wildman–Crippen LogP) is 6.86. The first-order chi connectivity index (χ1) is 13.6. The maximum Gasteiger partial charge on any atom is 0.0208 e. The highest BCUT2D eigenvalue weighted by atomic mass is 14.9. The first kappa shape index (κ1) is 21.1. The van der Waals surface area contributed by atoms with E-state index in [1.807, 2.05) is 0 Å². The van der Waals surface area contributed by atoms with Crippen molar-refractivity contribution in [2.75, 3.05) is 0 Å². The monoisotopic (exact) mass is 377 g/mol. The summed E-state index contributed by atoms with van der Waals surface area (Å²) in [6.07, 6.45) is 10.6. The van der Waals surface area contributed by atoms with Crippen LogP contribution in [0.1, 0.15) is 74.6 Å². The second-order valence-electron chi connectivity index (χ2n) is 9.09. The van der Waals surface area contributed by atoms with Crippen molar-refractivity contribution in [2.45, 2.75) is 84.7 Å². The van der Waals surface area contributed by atoms with E-state index in [0.29, 0.717) is 6.04 Å². The molecule has 1 aliphatic rings. The zero-order chi connectivity index (χ0) is 19.8. The summed E-state index contributed by atoms with van der Waals surface area (Å²) in [7, 11) is 0. The second-order valence-corrected chi connectivity index (χ2v) is 9.09. The average molecular weight is 378 g/mol. The minimum absolute atomic E-state index is 0.613. The van der Waals surface area contributed by atoms with Crippen molar-refractivity contribution in [3.8, 4) is 0 Å². The van der Waals surface area contributed by atoms with E-state index in [-0.39, 0.29) is 0 Å². The summed E-state index contributed by atoms with van der Waals surface area (Å²) in [6, 6.07) is 18.6. The molecule has 0 bridgehead atoms. The summed E-state index contributed by atoms with van der Waals surface area (Å²) in [5.41, 5.74) is 5.84. The fourth-order valence-electron chi connectivity index (χ4n) is 4.94. The van der Waals surface area contributed by atoms with Crippen molar-refractivity contribution in [1.29, 1.82) is 0 Å². The van der Waals surface area contributed by atoms with Gasteiger partial charge in [0.2, 0.25) is 0 Å². The highest BCUT2D eigenvalue weighted by Gasteiger charge is 2.22. The van der Waals surface area contributed by atoms with Crippen LogP contribution >= 0.6 is 0 Å². The minimum Gasteiger partial charge on any atom is -0.310 e. The van der Waals surface area contributed by atoms with Crippen LogP contribution in [0.4, 0.5) is 0 Å². The third-order valence-electron chi connectivity index (χ3n) is 6.68. The van der Waals surface area contributed by atoms with Gasteiger partial charge in [-0.15, -0.1) is 0 Å². The highest BCUT2D eigenvalue weighted by Crippen LogP contribution is 2.32. The fourth-order valence-corrected chi connectivity index (χ4v) is 4.94. The number of benzene rings is 2. The lowest BCUT2D eigenvalue weighted by Crippen LogP contribution is -2.32. The molecule has 0 spiro atoms. The van der Waals surface area contributed by atoms with Crippen LogP contribution in [0.3, 0.4) is 0 Å². The molecule has 1 saturated carbocycles. The Balaban J connectivity index is 1.61. The van der Waals surface area contributed by atoms with Gasteiger partial charge in [-0.2, -0.15) is 0 Å². The van der Waals surface area contributed by atoms with Crippen molar-refractivity contribution in [3.63, 3.8) is 0 Å². The molecule has 28 heavy (non-hydrogen) atoms. The molecule has 0 radical (unpaired) electrons. The van der Waals surface area contributed by atoms with Crippen molar-refractivity contribution >= 4 is 0 Å². The van der Waals surface area contributed by atoms with Crippen LogP contribution in [-0.4, -0.2) is 6.04 Å².